The highest BCUT2D eigenvalue weighted by Gasteiger charge is 2.13. The minimum Gasteiger partial charge on any atom is -0.488 e. The molecule has 0 saturated heterocycles. The van der Waals surface area contributed by atoms with Gasteiger partial charge < -0.3 is 9.84 Å². The SMILES string of the molecule is O=C(O)c1ccc(-c2cccnc2)cc1OCc1ccccc1. The predicted molar refractivity (Wildman–Crippen MR) is 87.4 cm³/mol. The van der Waals surface area contributed by atoms with Crippen LogP contribution in [0.25, 0.3) is 11.1 Å². The number of aromatic nitrogens is 1. The number of pyridine rings is 1. The molecule has 3 aromatic rings. The number of carboxylic acids is 1. The second kappa shape index (κ2) is 6.75. The van der Waals surface area contributed by atoms with Crippen LogP contribution in [0.3, 0.4) is 0 Å². The minimum absolute atomic E-state index is 0.147. The van der Waals surface area contributed by atoms with E-state index in [1.165, 1.54) is 0 Å². The standard InChI is InChI=1S/C19H15NO3/c21-19(22)17-9-8-15(16-7-4-10-20-12-16)11-18(17)23-13-14-5-2-1-3-6-14/h1-12H,13H2,(H,21,22). The van der Waals surface area contributed by atoms with E-state index in [1.54, 1.807) is 30.6 Å². The first-order valence-corrected chi connectivity index (χ1v) is 7.18. The van der Waals surface area contributed by atoms with Crippen LogP contribution in [0.1, 0.15) is 15.9 Å². The van der Waals surface area contributed by atoms with E-state index >= 15 is 0 Å². The van der Waals surface area contributed by atoms with Crippen LogP contribution < -0.4 is 4.74 Å². The molecule has 0 amide bonds. The predicted octanol–water partition coefficient (Wildman–Crippen LogP) is 4.03. The molecular formula is C19H15NO3. The van der Waals surface area contributed by atoms with E-state index in [0.717, 1.165) is 16.7 Å². The maximum Gasteiger partial charge on any atom is 0.339 e. The third-order valence-electron chi connectivity index (χ3n) is 3.44. The summed E-state index contributed by atoms with van der Waals surface area (Å²) in [7, 11) is 0. The van der Waals surface area contributed by atoms with Gasteiger partial charge in [0.25, 0.3) is 0 Å². The van der Waals surface area contributed by atoms with Crippen LogP contribution in [-0.4, -0.2) is 16.1 Å². The van der Waals surface area contributed by atoms with E-state index in [2.05, 4.69) is 4.98 Å². The van der Waals surface area contributed by atoms with Crippen LogP contribution in [0.15, 0.2) is 73.1 Å². The van der Waals surface area contributed by atoms with E-state index in [9.17, 15) is 9.90 Å². The van der Waals surface area contributed by atoms with Gasteiger partial charge in [0.05, 0.1) is 0 Å². The van der Waals surface area contributed by atoms with E-state index in [-0.39, 0.29) is 5.56 Å². The Hall–Kier alpha value is -3.14. The molecular weight excluding hydrogens is 290 g/mol. The Kier molecular flexibility index (Phi) is 4.34. The summed E-state index contributed by atoms with van der Waals surface area (Å²) < 4.78 is 5.75. The molecule has 0 aliphatic carbocycles. The number of rotatable bonds is 5. The highest BCUT2D eigenvalue weighted by atomic mass is 16.5. The number of carboxylic acid groups (broad SMARTS) is 1. The van der Waals surface area contributed by atoms with Crippen LogP contribution in [0.5, 0.6) is 5.75 Å². The molecule has 0 bridgehead atoms. The summed E-state index contributed by atoms with van der Waals surface area (Å²) in [5.74, 6) is -0.659. The van der Waals surface area contributed by atoms with Crippen molar-refractivity contribution < 1.29 is 14.6 Å². The van der Waals surface area contributed by atoms with E-state index in [0.29, 0.717) is 12.4 Å². The summed E-state index contributed by atoms with van der Waals surface area (Å²) >= 11 is 0. The molecule has 1 aromatic heterocycles. The Morgan fingerprint density at radius 2 is 1.83 bits per heavy atom. The van der Waals surface area contributed by atoms with E-state index < -0.39 is 5.97 Å². The Balaban J connectivity index is 1.91. The fourth-order valence-electron chi connectivity index (χ4n) is 2.27. The van der Waals surface area contributed by atoms with Crippen molar-refractivity contribution in [1.29, 1.82) is 0 Å². The highest BCUT2D eigenvalue weighted by molar-refractivity contribution is 5.92. The van der Waals surface area contributed by atoms with E-state index in [1.807, 2.05) is 42.5 Å². The molecule has 4 heteroatoms. The first-order valence-electron chi connectivity index (χ1n) is 7.18. The molecule has 1 heterocycles. The summed E-state index contributed by atoms with van der Waals surface area (Å²) in [4.78, 5) is 15.5. The Labute approximate surface area is 134 Å². The maximum absolute atomic E-state index is 11.4. The average Bonchev–Trinajstić information content (AvgIpc) is 2.61. The maximum atomic E-state index is 11.4. The molecule has 0 unspecified atom stereocenters. The Bertz CT molecular complexity index is 801. The zero-order valence-electron chi connectivity index (χ0n) is 12.3. The molecule has 0 radical (unpaired) electrons. The summed E-state index contributed by atoms with van der Waals surface area (Å²) in [6.07, 6.45) is 3.43. The molecule has 0 aliphatic rings. The minimum atomic E-state index is -1.01. The number of hydrogen-bond acceptors (Lipinski definition) is 3. The average molecular weight is 305 g/mol. The van der Waals surface area contributed by atoms with Gasteiger partial charge >= 0.3 is 5.97 Å². The van der Waals surface area contributed by atoms with Crippen molar-refractivity contribution in [2.75, 3.05) is 0 Å². The van der Waals surface area contributed by atoms with Crippen molar-refractivity contribution in [2.45, 2.75) is 6.61 Å². The third-order valence-corrected chi connectivity index (χ3v) is 3.44. The van der Waals surface area contributed by atoms with Crippen LogP contribution in [0.4, 0.5) is 0 Å². The van der Waals surface area contributed by atoms with Gasteiger partial charge in [-0.15, -0.1) is 0 Å². The second-order valence-corrected chi connectivity index (χ2v) is 5.03. The first-order chi connectivity index (χ1) is 11.2. The lowest BCUT2D eigenvalue weighted by Crippen LogP contribution is -2.03. The van der Waals surface area contributed by atoms with Crippen molar-refractivity contribution in [3.63, 3.8) is 0 Å². The monoisotopic (exact) mass is 305 g/mol. The molecule has 2 aromatic carbocycles. The van der Waals surface area contributed by atoms with Crippen LogP contribution in [0, 0.1) is 0 Å². The van der Waals surface area contributed by atoms with Gasteiger partial charge in [0.1, 0.15) is 17.9 Å². The number of nitrogens with zero attached hydrogens (tertiary/aromatic N) is 1. The Morgan fingerprint density at radius 3 is 2.52 bits per heavy atom. The van der Waals surface area contributed by atoms with Crippen LogP contribution >= 0.6 is 0 Å². The molecule has 0 saturated carbocycles. The lowest BCUT2D eigenvalue weighted by Gasteiger charge is -2.11. The molecule has 0 fully saturated rings. The number of ether oxygens (including phenoxy) is 1. The summed E-state index contributed by atoms with van der Waals surface area (Å²) in [6.45, 7) is 0.317. The molecule has 23 heavy (non-hydrogen) atoms. The normalized spacial score (nSPS) is 10.3. The van der Waals surface area contributed by atoms with Gasteiger partial charge in [-0.1, -0.05) is 42.5 Å². The zero-order chi connectivity index (χ0) is 16.1. The van der Waals surface area contributed by atoms with Gasteiger partial charge in [-0.25, -0.2) is 4.79 Å². The number of benzene rings is 2. The number of aromatic carboxylic acids is 1. The zero-order valence-corrected chi connectivity index (χ0v) is 12.3. The number of carbonyl (C=O) groups is 1. The lowest BCUT2D eigenvalue weighted by atomic mass is 10.0. The summed E-state index contributed by atoms with van der Waals surface area (Å²) in [5.41, 5.74) is 2.91. The third kappa shape index (κ3) is 3.55. The fraction of sp³-hybridized carbons (Fsp3) is 0.0526. The van der Waals surface area contributed by atoms with Crippen molar-refractivity contribution in [2.24, 2.45) is 0 Å². The van der Waals surface area contributed by atoms with Gasteiger partial charge in [-0.05, 0) is 29.3 Å². The quantitative estimate of drug-likeness (QED) is 0.773. The largest absolute Gasteiger partial charge is 0.488 e. The van der Waals surface area contributed by atoms with Gasteiger partial charge in [-0.2, -0.15) is 0 Å². The highest BCUT2D eigenvalue weighted by Crippen LogP contribution is 2.27. The lowest BCUT2D eigenvalue weighted by molar-refractivity contribution is 0.0692. The summed E-state index contributed by atoms with van der Waals surface area (Å²) in [6, 6.07) is 18.5. The molecule has 1 N–H and O–H groups in total. The van der Waals surface area contributed by atoms with Gasteiger partial charge in [0.15, 0.2) is 0 Å². The van der Waals surface area contributed by atoms with Crippen molar-refractivity contribution in [3.8, 4) is 16.9 Å². The van der Waals surface area contributed by atoms with Crippen molar-refractivity contribution >= 4 is 5.97 Å². The smallest absolute Gasteiger partial charge is 0.339 e. The molecule has 3 rings (SSSR count). The fourth-order valence-corrected chi connectivity index (χ4v) is 2.27. The molecule has 0 spiro atoms. The molecule has 4 nitrogen and oxygen atoms in total. The number of hydrogen-bond donors (Lipinski definition) is 1. The van der Waals surface area contributed by atoms with Crippen LogP contribution in [-0.2, 0) is 6.61 Å². The van der Waals surface area contributed by atoms with Crippen molar-refractivity contribution in [3.05, 3.63) is 84.2 Å². The van der Waals surface area contributed by atoms with Gasteiger partial charge in [-0.3, -0.25) is 4.98 Å². The van der Waals surface area contributed by atoms with Crippen LogP contribution in [0.2, 0.25) is 0 Å². The molecule has 114 valence electrons. The molecule has 0 aliphatic heterocycles. The molecule has 0 atom stereocenters. The second-order valence-electron chi connectivity index (χ2n) is 5.03. The van der Waals surface area contributed by atoms with Crippen molar-refractivity contribution in [1.82, 2.24) is 4.98 Å². The Morgan fingerprint density at radius 1 is 1.00 bits per heavy atom. The van der Waals surface area contributed by atoms with Gasteiger partial charge in [0.2, 0.25) is 0 Å². The van der Waals surface area contributed by atoms with Gasteiger partial charge in [0, 0.05) is 18.0 Å². The van der Waals surface area contributed by atoms with E-state index in [4.69, 9.17) is 4.74 Å². The summed E-state index contributed by atoms with van der Waals surface area (Å²) in [5, 5.41) is 9.33. The first kappa shape index (κ1) is 14.8. The topological polar surface area (TPSA) is 59.4 Å².